The first-order valence-electron chi connectivity index (χ1n) is 11.4. The van der Waals surface area contributed by atoms with Gasteiger partial charge in [-0.2, -0.15) is 0 Å². The molecule has 0 radical (unpaired) electrons. The molecule has 0 aliphatic rings. The van der Waals surface area contributed by atoms with E-state index in [1.807, 2.05) is 60.2 Å². The Morgan fingerprint density at radius 3 is 2.47 bits per heavy atom. The smallest absolute Gasteiger partial charge is 0.255 e. The fourth-order valence-electron chi connectivity index (χ4n) is 3.38. The third kappa shape index (κ3) is 6.19. The molecule has 0 bridgehead atoms. The van der Waals surface area contributed by atoms with Gasteiger partial charge < -0.3 is 15.4 Å². The summed E-state index contributed by atoms with van der Waals surface area (Å²) < 4.78 is 7.53. The van der Waals surface area contributed by atoms with E-state index in [1.54, 1.807) is 24.7 Å². The number of imidazole rings is 1. The molecule has 174 valence electrons. The molecule has 34 heavy (non-hydrogen) atoms. The lowest BCUT2D eigenvalue weighted by Gasteiger charge is -2.11. The molecule has 8 heteroatoms. The van der Waals surface area contributed by atoms with E-state index in [2.05, 4.69) is 32.5 Å². The average molecular weight is 457 g/mol. The van der Waals surface area contributed by atoms with Crippen LogP contribution in [0.5, 0.6) is 5.75 Å². The molecule has 0 saturated heterocycles. The second-order valence-corrected chi connectivity index (χ2v) is 7.86. The van der Waals surface area contributed by atoms with E-state index in [0.717, 1.165) is 36.5 Å². The van der Waals surface area contributed by atoms with Gasteiger partial charge in [0.25, 0.3) is 5.91 Å². The van der Waals surface area contributed by atoms with Crippen molar-refractivity contribution in [3.05, 3.63) is 84.7 Å². The van der Waals surface area contributed by atoms with Gasteiger partial charge in [0.15, 0.2) is 0 Å². The van der Waals surface area contributed by atoms with Gasteiger partial charge in [0.2, 0.25) is 0 Å². The van der Waals surface area contributed by atoms with Gasteiger partial charge in [-0.25, -0.2) is 15.0 Å². The number of aromatic nitrogens is 4. The predicted molar refractivity (Wildman–Crippen MR) is 133 cm³/mol. The van der Waals surface area contributed by atoms with Gasteiger partial charge in [-0.05, 0) is 61.9 Å². The van der Waals surface area contributed by atoms with Crippen LogP contribution in [0.1, 0.15) is 42.4 Å². The molecule has 0 aliphatic heterocycles. The monoisotopic (exact) mass is 456 g/mol. The molecule has 2 aromatic carbocycles. The zero-order valence-electron chi connectivity index (χ0n) is 19.4. The van der Waals surface area contributed by atoms with Crippen molar-refractivity contribution in [3.63, 3.8) is 0 Å². The minimum absolute atomic E-state index is 0.172. The number of aryl methyl sites for hydroxylation is 1. The van der Waals surface area contributed by atoms with Crippen LogP contribution in [0.3, 0.4) is 0 Å². The average Bonchev–Trinajstić information content (AvgIpc) is 3.38. The van der Waals surface area contributed by atoms with Crippen LogP contribution in [-0.4, -0.2) is 32.0 Å². The highest BCUT2D eigenvalue weighted by Gasteiger charge is 2.08. The van der Waals surface area contributed by atoms with Crippen molar-refractivity contribution in [2.24, 2.45) is 0 Å². The van der Waals surface area contributed by atoms with E-state index in [4.69, 9.17) is 4.74 Å². The molecular formula is C26H28N6O2. The minimum atomic E-state index is -0.172. The maximum absolute atomic E-state index is 12.6. The van der Waals surface area contributed by atoms with Crippen LogP contribution < -0.4 is 15.4 Å². The molecule has 0 spiro atoms. The largest absolute Gasteiger partial charge is 0.494 e. The lowest BCUT2D eigenvalue weighted by Crippen LogP contribution is -2.11. The van der Waals surface area contributed by atoms with Gasteiger partial charge in [-0.3, -0.25) is 9.36 Å². The third-order valence-electron chi connectivity index (χ3n) is 5.14. The molecule has 4 rings (SSSR count). The van der Waals surface area contributed by atoms with E-state index in [1.165, 1.54) is 0 Å². The number of anilines is 3. The molecule has 4 aromatic rings. The fraction of sp³-hybridized carbons (Fsp3) is 0.231. The summed E-state index contributed by atoms with van der Waals surface area (Å²) in [6.45, 7) is 4.70. The second-order valence-electron chi connectivity index (χ2n) is 7.86. The molecule has 0 fully saturated rings. The lowest BCUT2D eigenvalue weighted by molar-refractivity contribution is 0.102. The minimum Gasteiger partial charge on any atom is -0.494 e. The zero-order chi connectivity index (χ0) is 23.8. The van der Waals surface area contributed by atoms with Gasteiger partial charge in [-0.1, -0.05) is 19.8 Å². The van der Waals surface area contributed by atoms with Crippen LogP contribution in [0.4, 0.5) is 17.2 Å². The first kappa shape index (κ1) is 23.0. The number of hydrogen-bond donors (Lipinski definition) is 2. The summed E-state index contributed by atoms with van der Waals surface area (Å²) in [5, 5.41) is 6.20. The second kappa shape index (κ2) is 11.1. The number of unbranched alkanes of at least 4 members (excludes halogenated alkanes) is 2. The van der Waals surface area contributed by atoms with Crippen molar-refractivity contribution in [1.82, 2.24) is 19.5 Å². The highest BCUT2D eigenvalue weighted by atomic mass is 16.5. The Hall–Kier alpha value is -4.20. The summed E-state index contributed by atoms with van der Waals surface area (Å²) in [6.07, 6.45) is 8.57. The van der Waals surface area contributed by atoms with E-state index in [9.17, 15) is 4.79 Å². The van der Waals surface area contributed by atoms with Crippen LogP contribution in [0.25, 0.3) is 5.82 Å². The maximum Gasteiger partial charge on any atom is 0.255 e. The number of ether oxygens (including phenoxy) is 1. The van der Waals surface area contributed by atoms with Gasteiger partial charge >= 0.3 is 0 Å². The Morgan fingerprint density at radius 2 is 1.76 bits per heavy atom. The number of nitrogens with zero attached hydrogens (tertiary/aromatic N) is 4. The molecule has 2 N–H and O–H groups in total. The molecule has 8 nitrogen and oxygen atoms in total. The van der Waals surface area contributed by atoms with Crippen LogP contribution >= 0.6 is 0 Å². The standard InChI is InChI=1S/C26H28N6O2/c1-3-4-5-16-34-23-12-6-20(7-13-23)26(33)31-22-10-8-21(9-11-22)30-24-17-25(29-19(2)28-24)32-15-14-27-18-32/h6-15,17-18H,3-5,16H2,1-2H3,(H,31,33)(H,28,29,30). The Kier molecular flexibility index (Phi) is 7.49. The topological polar surface area (TPSA) is 94.0 Å². The molecule has 2 heterocycles. The maximum atomic E-state index is 12.6. The van der Waals surface area contributed by atoms with Crippen molar-refractivity contribution >= 4 is 23.1 Å². The Balaban J connectivity index is 1.34. The summed E-state index contributed by atoms with van der Waals surface area (Å²) in [6, 6.07) is 16.5. The SMILES string of the molecule is CCCCCOc1ccc(C(=O)Nc2ccc(Nc3cc(-n4ccnc4)nc(C)n3)cc2)cc1. The highest BCUT2D eigenvalue weighted by Crippen LogP contribution is 2.20. The van der Waals surface area contributed by atoms with E-state index in [-0.39, 0.29) is 5.91 Å². The van der Waals surface area contributed by atoms with Gasteiger partial charge in [0, 0.05) is 35.4 Å². The van der Waals surface area contributed by atoms with Crippen LogP contribution in [0.15, 0.2) is 73.3 Å². The van der Waals surface area contributed by atoms with Crippen molar-refractivity contribution in [2.45, 2.75) is 33.1 Å². The summed E-state index contributed by atoms with van der Waals surface area (Å²) in [4.78, 5) is 25.5. The van der Waals surface area contributed by atoms with Crippen LogP contribution in [0, 0.1) is 6.92 Å². The summed E-state index contributed by atoms with van der Waals surface area (Å²) in [5.41, 5.74) is 2.12. The van der Waals surface area contributed by atoms with Crippen molar-refractivity contribution in [1.29, 1.82) is 0 Å². The molecule has 2 aromatic heterocycles. The number of hydrogen-bond acceptors (Lipinski definition) is 6. The van der Waals surface area contributed by atoms with Crippen molar-refractivity contribution < 1.29 is 9.53 Å². The number of carbonyl (C=O) groups is 1. The normalized spacial score (nSPS) is 10.6. The summed E-state index contributed by atoms with van der Waals surface area (Å²) in [5.74, 6) is 2.66. The number of nitrogens with one attached hydrogen (secondary N) is 2. The molecule has 0 atom stereocenters. The lowest BCUT2D eigenvalue weighted by atomic mass is 10.2. The highest BCUT2D eigenvalue weighted by molar-refractivity contribution is 6.04. The van der Waals surface area contributed by atoms with Crippen LogP contribution in [0.2, 0.25) is 0 Å². The van der Waals surface area contributed by atoms with E-state index < -0.39 is 0 Å². The van der Waals surface area contributed by atoms with E-state index in [0.29, 0.717) is 29.5 Å². The molecule has 0 unspecified atom stereocenters. The Bertz CT molecular complexity index is 1210. The summed E-state index contributed by atoms with van der Waals surface area (Å²) in [7, 11) is 0. The number of carbonyl (C=O) groups excluding carboxylic acids is 1. The predicted octanol–water partition coefficient (Wildman–Crippen LogP) is 5.54. The Morgan fingerprint density at radius 1 is 1.00 bits per heavy atom. The quantitative estimate of drug-likeness (QED) is 0.305. The molecular weight excluding hydrogens is 428 g/mol. The van der Waals surface area contributed by atoms with Crippen LogP contribution in [-0.2, 0) is 0 Å². The van der Waals surface area contributed by atoms with Crippen molar-refractivity contribution in [3.8, 4) is 11.6 Å². The van der Waals surface area contributed by atoms with Gasteiger partial charge in [-0.15, -0.1) is 0 Å². The third-order valence-corrected chi connectivity index (χ3v) is 5.14. The van der Waals surface area contributed by atoms with Gasteiger partial charge in [0.1, 0.15) is 29.5 Å². The molecule has 0 saturated carbocycles. The zero-order valence-corrected chi connectivity index (χ0v) is 19.4. The number of rotatable bonds is 10. The number of amides is 1. The van der Waals surface area contributed by atoms with Gasteiger partial charge in [0.05, 0.1) is 6.61 Å². The Labute approximate surface area is 199 Å². The molecule has 0 aliphatic carbocycles. The first-order valence-corrected chi connectivity index (χ1v) is 11.4. The van der Waals surface area contributed by atoms with E-state index >= 15 is 0 Å². The number of benzene rings is 2. The molecule has 1 amide bonds. The van der Waals surface area contributed by atoms with Crippen molar-refractivity contribution in [2.75, 3.05) is 17.2 Å². The first-order chi connectivity index (χ1) is 16.6. The fourth-order valence-corrected chi connectivity index (χ4v) is 3.38. The summed E-state index contributed by atoms with van der Waals surface area (Å²) >= 11 is 0.